The third-order valence-electron chi connectivity index (χ3n) is 2.78. The summed E-state index contributed by atoms with van der Waals surface area (Å²) in [6.45, 7) is 1.97. The lowest BCUT2D eigenvalue weighted by atomic mass is 9.96. The Labute approximate surface area is 116 Å². The van der Waals surface area contributed by atoms with Gasteiger partial charge in [0.05, 0.1) is 18.3 Å². The molecule has 1 aromatic heterocycles. The van der Waals surface area contributed by atoms with Crippen LogP contribution in [0.2, 0.25) is 5.15 Å². The summed E-state index contributed by atoms with van der Waals surface area (Å²) in [7, 11) is 0. The summed E-state index contributed by atoms with van der Waals surface area (Å²) in [6.07, 6.45) is 3.61. The van der Waals surface area contributed by atoms with Gasteiger partial charge in [0.15, 0.2) is 5.82 Å². The molecular weight excluding hydrogens is 262 g/mol. The molecule has 1 atom stereocenters. The van der Waals surface area contributed by atoms with Crippen LogP contribution >= 0.6 is 11.6 Å². The fraction of sp³-hybridized carbons (Fsp3) is 0.214. The molecule has 1 aromatic carbocycles. The van der Waals surface area contributed by atoms with Gasteiger partial charge in [0.1, 0.15) is 5.15 Å². The molecule has 0 saturated heterocycles. The minimum absolute atomic E-state index is 0.106. The van der Waals surface area contributed by atoms with Crippen LogP contribution in [0, 0.1) is 0 Å². The quantitative estimate of drug-likeness (QED) is 0.932. The molecule has 1 heterocycles. The number of aromatic nitrogens is 2. The van der Waals surface area contributed by atoms with E-state index in [-0.39, 0.29) is 17.0 Å². The Kier molecular flexibility index (Phi) is 4.47. The van der Waals surface area contributed by atoms with Crippen LogP contribution in [0.3, 0.4) is 0 Å². The van der Waals surface area contributed by atoms with Crippen LogP contribution in [0.4, 0.5) is 5.82 Å². The number of amides is 1. The maximum Gasteiger partial charge on any atom is 0.233 e. The first-order chi connectivity index (χ1) is 9.20. The van der Waals surface area contributed by atoms with E-state index in [2.05, 4.69) is 15.3 Å². The monoisotopic (exact) mass is 275 g/mol. The van der Waals surface area contributed by atoms with Crippen molar-refractivity contribution >= 4 is 23.3 Å². The van der Waals surface area contributed by atoms with Crippen molar-refractivity contribution in [1.29, 1.82) is 0 Å². The molecule has 0 saturated carbocycles. The van der Waals surface area contributed by atoms with Gasteiger partial charge < -0.3 is 5.32 Å². The molecule has 19 heavy (non-hydrogen) atoms. The van der Waals surface area contributed by atoms with Gasteiger partial charge in [-0.1, -0.05) is 48.9 Å². The fourth-order valence-electron chi connectivity index (χ4n) is 1.87. The molecule has 0 bridgehead atoms. The predicted molar refractivity (Wildman–Crippen MR) is 75.1 cm³/mol. The van der Waals surface area contributed by atoms with Crippen LogP contribution in [0.1, 0.15) is 24.8 Å². The summed E-state index contributed by atoms with van der Waals surface area (Å²) in [6, 6.07) is 9.65. The van der Waals surface area contributed by atoms with Gasteiger partial charge in [-0.05, 0) is 12.0 Å². The molecule has 0 aliphatic heterocycles. The molecule has 0 radical (unpaired) electrons. The van der Waals surface area contributed by atoms with Gasteiger partial charge in [-0.25, -0.2) is 4.98 Å². The highest BCUT2D eigenvalue weighted by Gasteiger charge is 2.18. The number of hydrogen-bond acceptors (Lipinski definition) is 3. The maximum atomic E-state index is 12.2. The summed E-state index contributed by atoms with van der Waals surface area (Å²) in [4.78, 5) is 20.1. The molecule has 0 fully saturated rings. The molecule has 2 rings (SSSR count). The first-order valence-electron chi connectivity index (χ1n) is 6.04. The Hall–Kier alpha value is -1.94. The largest absolute Gasteiger partial charge is 0.309 e. The minimum Gasteiger partial charge on any atom is -0.309 e. The van der Waals surface area contributed by atoms with Gasteiger partial charge >= 0.3 is 0 Å². The standard InChI is InChI=1S/C14H14ClN3O/c1-2-11(10-6-4-3-5-7-10)14(19)18-13-9-16-8-12(15)17-13/h3-9,11H,2H2,1H3,(H,17,18,19). The number of nitrogens with zero attached hydrogens (tertiary/aromatic N) is 2. The lowest BCUT2D eigenvalue weighted by Crippen LogP contribution is -2.21. The van der Waals surface area contributed by atoms with E-state index in [0.717, 1.165) is 5.56 Å². The van der Waals surface area contributed by atoms with Crippen LogP contribution in [0.5, 0.6) is 0 Å². The van der Waals surface area contributed by atoms with E-state index >= 15 is 0 Å². The number of carbonyl (C=O) groups is 1. The molecule has 0 spiro atoms. The van der Waals surface area contributed by atoms with Crippen molar-refractivity contribution < 1.29 is 4.79 Å². The summed E-state index contributed by atoms with van der Waals surface area (Å²) >= 11 is 5.73. The Balaban J connectivity index is 2.14. The third-order valence-corrected chi connectivity index (χ3v) is 2.97. The lowest BCUT2D eigenvalue weighted by Gasteiger charge is -2.14. The van der Waals surface area contributed by atoms with Crippen molar-refractivity contribution in [1.82, 2.24) is 9.97 Å². The van der Waals surface area contributed by atoms with E-state index in [1.807, 2.05) is 37.3 Å². The number of nitrogens with one attached hydrogen (secondary N) is 1. The summed E-state index contributed by atoms with van der Waals surface area (Å²) in [5.41, 5.74) is 0.984. The normalized spacial score (nSPS) is 11.9. The molecule has 1 amide bonds. The van der Waals surface area contributed by atoms with E-state index in [9.17, 15) is 4.79 Å². The van der Waals surface area contributed by atoms with Gasteiger partial charge in [0.25, 0.3) is 0 Å². The molecule has 98 valence electrons. The van der Waals surface area contributed by atoms with E-state index in [0.29, 0.717) is 12.2 Å². The Bertz CT molecular complexity index is 560. The Morgan fingerprint density at radius 1 is 1.32 bits per heavy atom. The zero-order chi connectivity index (χ0) is 13.7. The highest BCUT2D eigenvalue weighted by atomic mass is 35.5. The number of rotatable bonds is 4. The van der Waals surface area contributed by atoms with Crippen LogP contribution in [-0.2, 0) is 4.79 Å². The second-order valence-corrected chi connectivity index (χ2v) is 4.48. The molecule has 2 aromatic rings. The molecule has 1 unspecified atom stereocenters. The maximum absolute atomic E-state index is 12.2. The SMILES string of the molecule is CCC(C(=O)Nc1cncc(Cl)n1)c1ccccc1. The van der Waals surface area contributed by atoms with Gasteiger partial charge in [-0.15, -0.1) is 0 Å². The number of hydrogen-bond donors (Lipinski definition) is 1. The highest BCUT2D eigenvalue weighted by molar-refractivity contribution is 6.29. The number of halogens is 1. The van der Waals surface area contributed by atoms with E-state index in [4.69, 9.17) is 11.6 Å². The third kappa shape index (κ3) is 3.51. The molecule has 4 nitrogen and oxygen atoms in total. The van der Waals surface area contributed by atoms with E-state index in [1.165, 1.54) is 12.4 Å². The number of anilines is 1. The van der Waals surface area contributed by atoms with Crippen LogP contribution in [0.25, 0.3) is 0 Å². The second-order valence-electron chi connectivity index (χ2n) is 4.09. The van der Waals surface area contributed by atoms with Crippen molar-refractivity contribution in [3.63, 3.8) is 0 Å². The van der Waals surface area contributed by atoms with Gasteiger partial charge in [0, 0.05) is 0 Å². The van der Waals surface area contributed by atoms with Crippen LogP contribution in [-0.4, -0.2) is 15.9 Å². The first-order valence-corrected chi connectivity index (χ1v) is 6.42. The zero-order valence-corrected chi connectivity index (χ0v) is 11.3. The topological polar surface area (TPSA) is 54.9 Å². The van der Waals surface area contributed by atoms with Crippen molar-refractivity contribution in [3.05, 3.63) is 53.4 Å². The van der Waals surface area contributed by atoms with Gasteiger partial charge in [-0.2, -0.15) is 0 Å². The average Bonchev–Trinajstić information content (AvgIpc) is 2.41. The van der Waals surface area contributed by atoms with Crippen molar-refractivity contribution in [2.24, 2.45) is 0 Å². The second kappa shape index (κ2) is 6.29. The first kappa shape index (κ1) is 13.5. The average molecular weight is 276 g/mol. The lowest BCUT2D eigenvalue weighted by molar-refractivity contribution is -0.117. The molecular formula is C14H14ClN3O. The van der Waals surface area contributed by atoms with E-state index in [1.54, 1.807) is 0 Å². The zero-order valence-electron chi connectivity index (χ0n) is 10.5. The molecule has 0 aliphatic carbocycles. The number of benzene rings is 1. The highest BCUT2D eigenvalue weighted by Crippen LogP contribution is 2.21. The summed E-state index contributed by atoms with van der Waals surface area (Å²) < 4.78 is 0. The summed E-state index contributed by atoms with van der Waals surface area (Å²) in [5.74, 6) is 0.0547. The summed E-state index contributed by atoms with van der Waals surface area (Å²) in [5, 5.41) is 2.99. The Morgan fingerprint density at radius 3 is 2.68 bits per heavy atom. The van der Waals surface area contributed by atoms with Gasteiger partial charge in [-0.3, -0.25) is 9.78 Å². The Morgan fingerprint density at radius 2 is 2.05 bits per heavy atom. The smallest absolute Gasteiger partial charge is 0.233 e. The molecule has 5 heteroatoms. The van der Waals surface area contributed by atoms with Gasteiger partial charge in [0.2, 0.25) is 5.91 Å². The number of carbonyl (C=O) groups excluding carboxylic acids is 1. The van der Waals surface area contributed by atoms with Crippen molar-refractivity contribution in [2.75, 3.05) is 5.32 Å². The van der Waals surface area contributed by atoms with Crippen LogP contribution < -0.4 is 5.32 Å². The molecule has 1 N–H and O–H groups in total. The molecule has 0 aliphatic rings. The predicted octanol–water partition coefficient (Wildman–Crippen LogP) is 3.26. The fourth-order valence-corrected chi connectivity index (χ4v) is 2.02. The van der Waals surface area contributed by atoms with Crippen LogP contribution in [0.15, 0.2) is 42.7 Å². The van der Waals surface area contributed by atoms with Crippen molar-refractivity contribution in [2.45, 2.75) is 19.3 Å². The van der Waals surface area contributed by atoms with E-state index < -0.39 is 0 Å². The minimum atomic E-state index is -0.206. The van der Waals surface area contributed by atoms with Crippen molar-refractivity contribution in [3.8, 4) is 0 Å².